The zero-order valence-electron chi connectivity index (χ0n) is 12.7. The molecule has 0 saturated carbocycles. The van der Waals surface area contributed by atoms with Gasteiger partial charge in [-0.05, 0) is 29.1 Å². The molecule has 0 bridgehead atoms. The molecule has 2 aromatic carbocycles. The number of rotatable bonds is 3. The number of methoxy groups -OCH3 is 1. The molecule has 4 heteroatoms. The first-order valence-electron chi connectivity index (χ1n) is 6.77. The van der Waals surface area contributed by atoms with E-state index in [1.54, 1.807) is 7.11 Å². The van der Waals surface area contributed by atoms with Crippen LogP contribution in [0.4, 0.5) is 0 Å². The summed E-state index contributed by atoms with van der Waals surface area (Å²) in [5.74, 6) is 0.900. The zero-order valence-corrected chi connectivity index (χ0v) is 14.9. The van der Waals surface area contributed by atoms with Crippen molar-refractivity contribution >= 4 is 10.8 Å². The smallest absolute Gasteiger partial charge is 0.193 e. The minimum Gasteiger partial charge on any atom is -1.00 e. The molecule has 2 N–H and O–H groups in total. The molecule has 0 spiro atoms. The normalized spacial score (nSPS) is 9.73. The van der Waals surface area contributed by atoms with Crippen molar-refractivity contribution in [1.82, 2.24) is 0 Å². The summed E-state index contributed by atoms with van der Waals surface area (Å²) in [6.07, 6.45) is 3.04. The number of hydrogen-bond donors (Lipinski definition) is 0. The number of aromatic nitrogens is 1. The molecule has 0 aliphatic heterocycles. The Balaban J connectivity index is 0.00000121. The number of ether oxygens (including phenoxy) is 1. The number of aryl methyl sites for hydroxylation is 1. The van der Waals surface area contributed by atoms with Crippen LogP contribution >= 0.6 is 0 Å². The van der Waals surface area contributed by atoms with Crippen molar-refractivity contribution in [3.05, 3.63) is 72.1 Å². The number of pyridine rings is 1. The zero-order chi connectivity index (χ0) is 13.9. The first kappa shape index (κ1) is 18.4. The van der Waals surface area contributed by atoms with Crippen LogP contribution in [0.1, 0.15) is 11.3 Å². The summed E-state index contributed by atoms with van der Waals surface area (Å²) in [7, 11) is 3.80. The number of nitrogens with zero attached hydrogens (tertiary/aromatic N) is 1. The maximum Gasteiger partial charge on any atom is 0.193 e. The fraction of sp³-hybridized carbons (Fsp3) is 0.167. The molecule has 3 aromatic rings. The summed E-state index contributed by atoms with van der Waals surface area (Å²) in [6.45, 7) is 0. The van der Waals surface area contributed by atoms with Gasteiger partial charge in [0.15, 0.2) is 11.9 Å². The molecule has 0 aliphatic carbocycles. The Labute approximate surface area is 147 Å². The predicted octanol–water partition coefficient (Wildman–Crippen LogP) is -0.557. The second-order valence-electron chi connectivity index (χ2n) is 4.99. The third-order valence-electron chi connectivity index (χ3n) is 3.69. The van der Waals surface area contributed by atoms with Crippen molar-refractivity contribution in [2.45, 2.75) is 6.42 Å². The minimum absolute atomic E-state index is 0. The van der Waals surface area contributed by atoms with Gasteiger partial charge in [0.1, 0.15) is 12.8 Å². The second-order valence-corrected chi connectivity index (χ2v) is 4.99. The maximum absolute atomic E-state index is 5.30. The van der Waals surface area contributed by atoms with Gasteiger partial charge in [0, 0.05) is 11.5 Å². The molecule has 22 heavy (non-hydrogen) atoms. The van der Waals surface area contributed by atoms with Crippen molar-refractivity contribution < 1.29 is 38.8 Å². The molecule has 0 atom stereocenters. The van der Waals surface area contributed by atoms with Crippen LogP contribution in [-0.4, -0.2) is 12.6 Å². The number of fused-ring (bicyclic) bond motifs is 1. The Morgan fingerprint density at radius 3 is 2.41 bits per heavy atom. The molecule has 0 unspecified atom stereocenters. The van der Waals surface area contributed by atoms with E-state index in [1.165, 1.54) is 22.0 Å². The Morgan fingerprint density at radius 1 is 1.00 bits per heavy atom. The van der Waals surface area contributed by atoms with Gasteiger partial charge < -0.3 is 34.2 Å². The van der Waals surface area contributed by atoms with Crippen molar-refractivity contribution in [1.29, 1.82) is 0 Å². The summed E-state index contributed by atoms with van der Waals surface area (Å²) in [6, 6.07) is 19.0. The lowest BCUT2D eigenvalue weighted by Crippen LogP contribution is -3.00. The van der Waals surface area contributed by atoms with Gasteiger partial charge in [-0.3, -0.25) is 0 Å². The van der Waals surface area contributed by atoms with E-state index in [2.05, 4.69) is 66.3 Å². The van der Waals surface area contributed by atoms with Gasteiger partial charge in [-0.2, -0.15) is 0 Å². The van der Waals surface area contributed by atoms with Crippen molar-refractivity contribution in [3.8, 4) is 5.75 Å². The van der Waals surface area contributed by atoms with E-state index in [9.17, 15) is 0 Å². The molecular formula is C18H20INO2. The molecule has 116 valence electrons. The number of halogens is 1. The van der Waals surface area contributed by atoms with E-state index in [1.807, 2.05) is 6.07 Å². The Hall–Kier alpha value is -1.66. The van der Waals surface area contributed by atoms with Gasteiger partial charge in [-0.25, -0.2) is 4.57 Å². The molecule has 0 amide bonds. The fourth-order valence-electron chi connectivity index (χ4n) is 2.55. The average Bonchev–Trinajstić information content (AvgIpc) is 2.50. The molecule has 0 radical (unpaired) electrons. The summed E-state index contributed by atoms with van der Waals surface area (Å²) in [5.41, 5.74) is 2.64. The molecular weight excluding hydrogens is 389 g/mol. The van der Waals surface area contributed by atoms with Crippen LogP contribution < -0.4 is 33.3 Å². The predicted molar refractivity (Wildman–Crippen MR) is 84.5 cm³/mol. The van der Waals surface area contributed by atoms with E-state index < -0.39 is 0 Å². The van der Waals surface area contributed by atoms with Crippen molar-refractivity contribution in [2.75, 3.05) is 7.11 Å². The number of benzene rings is 2. The van der Waals surface area contributed by atoms with E-state index in [4.69, 9.17) is 4.74 Å². The Morgan fingerprint density at radius 2 is 1.73 bits per heavy atom. The van der Waals surface area contributed by atoms with Gasteiger partial charge in [0.25, 0.3) is 0 Å². The quantitative estimate of drug-likeness (QED) is 0.423. The van der Waals surface area contributed by atoms with Crippen molar-refractivity contribution in [2.24, 2.45) is 7.05 Å². The molecule has 3 rings (SSSR count). The Bertz CT molecular complexity index is 745. The highest BCUT2D eigenvalue weighted by atomic mass is 127. The van der Waals surface area contributed by atoms with E-state index in [-0.39, 0.29) is 29.5 Å². The first-order valence-corrected chi connectivity index (χ1v) is 6.77. The monoisotopic (exact) mass is 409 g/mol. The van der Waals surface area contributed by atoms with E-state index in [0.29, 0.717) is 0 Å². The van der Waals surface area contributed by atoms with Gasteiger partial charge in [0.2, 0.25) is 0 Å². The second kappa shape index (κ2) is 8.10. The van der Waals surface area contributed by atoms with Crippen LogP contribution in [-0.2, 0) is 13.5 Å². The summed E-state index contributed by atoms with van der Waals surface area (Å²) < 4.78 is 7.50. The van der Waals surface area contributed by atoms with Crippen LogP contribution in [0.5, 0.6) is 5.75 Å². The largest absolute Gasteiger partial charge is 1.00 e. The molecule has 0 aliphatic rings. The SMILES string of the molecule is COc1ccc2c(Cc3ccccc3)[n+](C)ccc2c1.O.[I-]. The van der Waals surface area contributed by atoms with Gasteiger partial charge in [-0.1, -0.05) is 30.3 Å². The van der Waals surface area contributed by atoms with Gasteiger partial charge in [0.05, 0.1) is 13.5 Å². The number of hydrogen-bond acceptors (Lipinski definition) is 1. The Kier molecular flexibility index (Phi) is 6.77. The van der Waals surface area contributed by atoms with Crippen LogP contribution in [0.15, 0.2) is 60.8 Å². The van der Waals surface area contributed by atoms with Crippen LogP contribution in [0.3, 0.4) is 0 Å². The highest BCUT2D eigenvalue weighted by Crippen LogP contribution is 2.23. The third-order valence-corrected chi connectivity index (χ3v) is 3.69. The minimum atomic E-state index is 0. The van der Waals surface area contributed by atoms with Crippen LogP contribution in [0.25, 0.3) is 10.8 Å². The third kappa shape index (κ3) is 3.75. The standard InChI is InChI=1S/C18H18NO.HI.H2O/c1-19-11-10-15-13-16(20-2)8-9-17(15)18(19)12-14-6-4-3-5-7-14;;/h3-11,13H,12H2,1-2H3;1H;1H2/q+1;;/p-1. The topological polar surface area (TPSA) is 44.6 Å². The average molecular weight is 409 g/mol. The van der Waals surface area contributed by atoms with E-state index >= 15 is 0 Å². The molecule has 0 saturated heterocycles. The van der Waals surface area contributed by atoms with Gasteiger partial charge in [-0.15, -0.1) is 0 Å². The highest BCUT2D eigenvalue weighted by molar-refractivity contribution is 5.85. The van der Waals surface area contributed by atoms with Crippen molar-refractivity contribution in [3.63, 3.8) is 0 Å². The van der Waals surface area contributed by atoms with E-state index in [0.717, 1.165) is 12.2 Å². The molecule has 1 heterocycles. The lowest BCUT2D eigenvalue weighted by molar-refractivity contribution is -0.677. The molecule has 1 aromatic heterocycles. The van der Waals surface area contributed by atoms with Crippen LogP contribution in [0.2, 0.25) is 0 Å². The molecule has 0 fully saturated rings. The maximum atomic E-state index is 5.30. The lowest BCUT2D eigenvalue weighted by atomic mass is 10.0. The van der Waals surface area contributed by atoms with Gasteiger partial charge >= 0.3 is 0 Å². The van der Waals surface area contributed by atoms with Crippen LogP contribution in [0, 0.1) is 0 Å². The summed E-state index contributed by atoms with van der Waals surface area (Å²) >= 11 is 0. The summed E-state index contributed by atoms with van der Waals surface area (Å²) in [5, 5.41) is 2.49. The molecule has 3 nitrogen and oxygen atoms in total. The first-order chi connectivity index (χ1) is 9.78. The highest BCUT2D eigenvalue weighted by Gasteiger charge is 2.13. The lowest BCUT2D eigenvalue weighted by Gasteiger charge is -2.07. The fourth-order valence-corrected chi connectivity index (χ4v) is 2.55. The summed E-state index contributed by atoms with van der Waals surface area (Å²) in [4.78, 5) is 0.